The van der Waals surface area contributed by atoms with E-state index in [1.165, 1.54) is 4.90 Å². The third-order valence-electron chi connectivity index (χ3n) is 3.90. The Bertz CT molecular complexity index is 898. The molecule has 0 spiro atoms. The van der Waals surface area contributed by atoms with Crippen molar-refractivity contribution in [2.45, 2.75) is 13.5 Å². The van der Waals surface area contributed by atoms with Crippen LogP contribution in [0.2, 0.25) is 0 Å². The smallest absolute Gasteiger partial charge is 0.293 e. The number of hydrogen-bond acceptors (Lipinski definition) is 5. The number of imide groups is 1. The summed E-state index contributed by atoms with van der Waals surface area (Å²) >= 11 is 3.12. The van der Waals surface area contributed by atoms with Gasteiger partial charge in [0.1, 0.15) is 0 Å². The lowest BCUT2D eigenvalue weighted by Gasteiger charge is -2.13. The lowest BCUT2D eigenvalue weighted by Crippen LogP contribution is -2.27. The highest BCUT2D eigenvalue weighted by Gasteiger charge is 2.35. The number of methoxy groups -OCH3 is 1. The monoisotopic (exact) mass is 495 g/mol. The summed E-state index contributed by atoms with van der Waals surface area (Å²) in [6.45, 7) is 2.71. The maximum atomic E-state index is 12.7. The summed E-state index contributed by atoms with van der Waals surface area (Å²) in [7, 11) is 1.57. The van der Waals surface area contributed by atoms with Gasteiger partial charge in [0.15, 0.2) is 11.5 Å². The number of carbonyl (C=O) groups excluding carboxylic acids is 2. The van der Waals surface area contributed by atoms with Crippen molar-refractivity contribution < 1.29 is 19.1 Å². The normalized spacial score (nSPS) is 15.5. The van der Waals surface area contributed by atoms with Gasteiger partial charge in [-0.05, 0) is 70.6 Å². The number of ether oxygens (including phenoxy) is 2. The van der Waals surface area contributed by atoms with Crippen LogP contribution >= 0.6 is 34.4 Å². The van der Waals surface area contributed by atoms with Gasteiger partial charge in [0.05, 0.1) is 28.7 Å². The number of hydrogen-bond donors (Lipinski definition) is 0. The molecule has 0 radical (unpaired) electrons. The lowest BCUT2D eigenvalue weighted by molar-refractivity contribution is -0.123. The van der Waals surface area contributed by atoms with E-state index in [2.05, 4.69) is 22.6 Å². The van der Waals surface area contributed by atoms with Gasteiger partial charge in [0, 0.05) is 0 Å². The molecule has 27 heavy (non-hydrogen) atoms. The van der Waals surface area contributed by atoms with Crippen LogP contribution in [0.3, 0.4) is 0 Å². The van der Waals surface area contributed by atoms with Crippen molar-refractivity contribution in [3.8, 4) is 11.5 Å². The standard InChI is InChI=1S/C20H18INO4S/c1-3-26-18-15(21)9-14(10-16(18)25-2)11-17-19(23)22(20(24)27-17)12-13-7-5-4-6-8-13/h4-11H,3,12H2,1-2H3/b17-11+. The Morgan fingerprint density at radius 1 is 1.19 bits per heavy atom. The molecule has 1 heterocycles. The highest BCUT2D eigenvalue weighted by atomic mass is 127. The van der Waals surface area contributed by atoms with Gasteiger partial charge in [-0.25, -0.2) is 0 Å². The van der Waals surface area contributed by atoms with Crippen LogP contribution in [0.4, 0.5) is 4.79 Å². The van der Waals surface area contributed by atoms with Crippen LogP contribution in [0.15, 0.2) is 47.4 Å². The van der Waals surface area contributed by atoms with E-state index in [0.29, 0.717) is 23.0 Å². The fourth-order valence-electron chi connectivity index (χ4n) is 2.66. The Morgan fingerprint density at radius 3 is 2.59 bits per heavy atom. The van der Waals surface area contributed by atoms with Crippen molar-refractivity contribution >= 4 is 51.6 Å². The second kappa shape index (κ2) is 8.79. The van der Waals surface area contributed by atoms with Gasteiger partial charge in [-0.3, -0.25) is 14.5 Å². The average molecular weight is 495 g/mol. The van der Waals surface area contributed by atoms with Crippen LogP contribution in [-0.2, 0) is 11.3 Å². The molecule has 7 heteroatoms. The van der Waals surface area contributed by atoms with Gasteiger partial charge >= 0.3 is 0 Å². The molecule has 0 aromatic heterocycles. The maximum Gasteiger partial charge on any atom is 0.293 e. The van der Waals surface area contributed by atoms with E-state index < -0.39 is 0 Å². The van der Waals surface area contributed by atoms with Crippen molar-refractivity contribution in [2.24, 2.45) is 0 Å². The zero-order valence-electron chi connectivity index (χ0n) is 14.9. The largest absolute Gasteiger partial charge is 0.493 e. The number of benzene rings is 2. The van der Waals surface area contributed by atoms with Gasteiger partial charge in [0.2, 0.25) is 0 Å². The third kappa shape index (κ3) is 4.47. The molecule has 0 N–H and O–H groups in total. The number of amides is 2. The first-order valence-corrected chi connectivity index (χ1v) is 10.2. The van der Waals surface area contributed by atoms with Crippen LogP contribution in [0.25, 0.3) is 6.08 Å². The van der Waals surface area contributed by atoms with Crippen LogP contribution in [0, 0.1) is 3.57 Å². The molecule has 5 nitrogen and oxygen atoms in total. The fourth-order valence-corrected chi connectivity index (χ4v) is 4.28. The molecule has 1 saturated heterocycles. The van der Waals surface area contributed by atoms with Crippen molar-refractivity contribution in [3.63, 3.8) is 0 Å². The second-order valence-electron chi connectivity index (χ2n) is 5.72. The first kappa shape index (κ1) is 19.8. The SMILES string of the molecule is CCOc1c(I)cc(/C=C2/SC(=O)N(Cc3ccccc3)C2=O)cc1OC. The van der Waals surface area contributed by atoms with Gasteiger partial charge in [-0.1, -0.05) is 30.3 Å². The Morgan fingerprint density at radius 2 is 1.93 bits per heavy atom. The van der Waals surface area contributed by atoms with Crippen molar-refractivity contribution in [1.29, 1.82) is 0 Å². The first-order chi connectivity index (χ1) is 13.0. The summed E-state index contributed by atoms with van der Waals surface area (Å²) in [5.74, 6) is 0.991. The molecular formula is C20H18INO4S. The molecule has 140 valence electrons. The third-order valence-corrected chi connectivity index (χ3v) is 5.60. The first-order valence-electron chi connectivity index (χ1n) is 8.33. The van der Waals surface area contributed by atoms with Crippen LogP contribution in [-0.4, -0.2) is 29.8 Å². The number of halogens is 1. The average Bonchev–Trinajstić information content (AvgIpc) is 2.92. The van der Waals surface area contributed by atoms with Crippen LogP contribution in [0.1, 0.15) is 18.1 Å². The molecule has 2 aromatic rings. The summed E-state index contributed by atoms with van der Waals surface area (Å²) in [4.78, 5) is 26.7. The van der Waals surface area contributed by atoms with Gasteiger partial charge in [-0.15, -0.1) is 0 Å². The minimum Gasteiger partial charge on any atom is -0.493 e. The Hall–Kier alpha value is -2.00. The summed E-state index contributed by atoms with van der Waals surface area (Å²) in [6, 6.07) is 13.2. The summed E-state index contributed by atoms with van der Waals surface area (Å²) in [5.41, 5.74) is 1.70. The van der Waals surface area contributed by atoms with E-state index in [-0.39, 0.29) is 17.7 Å². The second-order valence-corrected chi connectivity index (χ2v) is 7.88. The van der Waals surface area contributed by atoms with Gasteiger partial charge < -0.3 is 9.47 Å². The van der Waals surface area contributed by atoms with E-state index in [4.69, 9.17) is 9.47 Å². The summed E-state index contributed by atoms with van der Waals surface area (Å²) in [6.07, 6.45) is 1.72. The minimum absolute atomic E-state index is 0.261. The molecule has 1 aliphatic rings. The Kier molecular flexibility index (Phi) is 6.43. The Labute approximate surface area is 175 Å². The van der Waals surface area contributed by atoms with E-state index in [0.717, 1.165) is 26.5 Å². The molecule has 3 rings (SSSR count). The number of nitrogens with zero attached hydrogens (tertiary/aromatic N) is 1. The zero-order valence-corrected chi connectivity index (χ0v) is 17.9. The highest BCUT2D eigenvalue weighted by molar-refractivity contribution is 14.1. The molecule has 2 aromatic carbocycles. The van der Waals surface area contributed by atoms with Gasteiger partial charge in [-0.2, -0.15) is 0 Å². The van der Waals surface area contributed by atoms with Crippen LogP contribution < -0.4 is 9.47 Å². The zero-order chi connectivity index (χ0) is 19.4. The Balaban J connectivity index is 1.86. The topological polar surface area (TPSA) is 55.8 Å². The van der Waals surface area contributed by atoms with E-state index in [1.54, 1.807) is 19.3 Å². The lowest BCUT2D eigenvalue weighted by atomic mass is 10.1. The van der Waals surface area contributed by atoms with Crippen molar-refractivity contribution in [2.75, 3.05) is 13.7 Å². The number of rotatable bonds is 6. The maximum absolute atomic E-state index is 12.7. The number of thioether (sulfide) groups is 1. The highest BCUT2D eigenvalue weighted by Crippen LogP contribution is 2.37. The molecule has 1 fully saturated rings. The minimum atomic E-state index is -0.281. The van der Waals surface area contributed by atoms with E-state index in [9.17, 15) is 9.59 Å². The van der Waals surface area contributed by atoms with Gasteiger partial charge in [0.25, 0.3) is 11.1 Å². The fraction of sp³-hybridized carbons (Fsp3) is 0.200. The molecule has 1 aliphatic heterocycles. The van der Waals surface area contributed by atoms with E-state index in [1.807, 2.05) is 43.3 Å². The molecule has 2 amide bonds. The predicted octanol–water partition coefficient (Wildman–Crippen LogP) is 4.94. The van der Waals surface area contributed by atoms with Crippen molar-refractivity contribution in [1.82, 2.24) is 4.90 Å². The molecule has 0 unspecified atom stereocenters. The van der Waals surface area contributed by atoms with Crippen LogP contribution in [0.5, 0.6) is 11.5 Å². The van der Waals surface area contributed by atoms with Crippen molar-refractivity contribution in [3.05, 3.63) is 62.1 Å². The summed E-state index contributed by atoms with van der Waals surface area (Å²) < 4.78 is 11.9. The molecule has 0 atom stereocenters. The summed E-state index contributed by atoms with van der Waals surface area (Å²) in [5, 5.41) is -0.261. The molecule has 0 aliphatic carbocycles. The molecular weight excluding hydrogens is 477 g/mol. The number of carbonyl (C=O) groups is 2. The predicted molar refractivity (Wildman–Crippen MR) is 115 cm³/mol. The molecule has 0 bridgehead atoms. The van der Waals surface area contributed by atoms with E-state index >= 15 is 0 Å². The molecule has 0 saturated carbocycles. The quantitative estimate of drug-likeness (QED) is 0.420.